The first-order chi connectivity index (χ1) is 9.70. The van der Waals surface area contributed by atoms with E-state index in [2.05, 4.69) is 0 Å². The Morgan fingerprint density at radius 3 is 2.29 bits per heavy atom. The molecule has 0 radical (unpaired) electrons. The minimum absolute atomic E-state index is 0.194. The van der Waals surface area contributed by atoms with Gasteiger partial charge in [0, 0.05) is 23.0 Å². The zero-order chi connectivity index (χ0) is 15.8. The smallest absolute Gasteiger partial charge is 0.399 e. The lowest BCUT2D eigenvalue weighted by molar-refractivity contribution is -0.388. The molecule has 0 spiro atoms. The van der Waals surface area contributed by atoms with Crippen molar-refractivity contribution in [3.63, 3.8) is 0 Å². The zero-order valence-electron chi connectivity index (χ0n) is 10.5. The van der Waals surface area contributed by atoms with E-state index >= 15 is 0 Å². The van der Waals surface area contributed by atoms with Crippen LogP contribution in [0.4, 0.5) is 30.2 Å². The number of nitrogens with two attached hydrogens (primary N) is 2. The third-order valence-electron chi connectivity index (χ3n) is 2.89. The molecule has 4 N–H and O–H groups in total. The van der Waals surface area contributed by atoms with Crippen molar-refractivity contribution in [2.75, 3.05) is 11.5 Å². The zero-order valence-corrected chi connectivity index (χ0v) is 10.5. The molecular weight excluding hydrogens is 287 g/mol. The predicted molar refractivity (Wildman–Crippen MR) is 72.4 cm³/mol. The number of benzene rings is 2. The molecular formula is C13H10F3N3O2. The molecule has 2 aromatic rings. The van der Waals surface area contributed by atoms with Gasteiger partial charge < -0.3 is 11.5 Å². The number of anilines is 2. The van der Waals surface area contributed by atoms with Gasteiger partial charge in [-0.15, -0.1) is 0 Å². The number of nitrogens with zero attached hydrogens (tertiary/aromatic N) is 1. The fraction of sp³-hybridized carbons (Fsp3) is 0.0769. The van der Waals surface area contributed by atoms with E-state index in [1.807, 2.05) is 0 Å². The average molecular weight is 297 g/mol. The molecule has 0 bridgehead atoms. The first-order valence-electron chi connectivity index (χ1n) is 5.71. The van der Waals surface area contributed by atoms with Crippen molar-refractivity contribution in [1.29, 1.82) is 0 Å². The van der Waals surface area contributed by atoms with Crippen molar-refractivity contribution in [2.45, 2.75) is 6.18 Å². The maximum Gasteiger partial charge on any atom is 0.422 e. The molecule has 2 rings (SSSR count). The lowest BCUT2D eigenvalue weighted by atomic mass is 10.00. The molecule has 0 aromatic heterocycles. The Bertz CT molecular complexity index is 714. The minimum Gasteiger partial charge on any atom is -0.399 e. The van der Waals surface area contributed by atoms with Crippen molar-refractivity contribution in [1.82, 2.24) is 0 Å². The van der Waals surface area contributed by atoms with Crippen LogP contribution in [0, 0.1) is 10.1 Å². The summed E-state index contributed by atoms with van der Waals surface area (Å²) in [5.41, 5.74) is 10.1. The Kier molecular flexibility index (Phi) is 3.46. The summed E-state index contributed by atoms with van der Waals surface area (Å²) >= 11 is 0. The highest BCUT2D eigenvalue weighted by molar-refractivity contribution is 5.80. The molecule has 0 saturated heterocycles. The largest absolute Gasteiger partial charge is 0.422 e. The van der Waals surface area contributed by atoms with Crippen molar-refractivity contribution >= 4 is 17.1 Å². The quantitative estimate of drug-likeness (QED) is 0.504. The van der Waals surface area contributed by atoms with Crippen LogP contribution in [0.1, 0.15) is 5.56 Å². The Morgan fingerprint density at radius 2 is 1.71 bits per heavy atom. The molecule has 110 valence electrons. The molecule has 0 saturated carbocycles. The second-order valence-electron chi connectivity index (χ2n) is 4.33. The Morgan fingerprint density at radius 1 is 1.05 bits per heavy atom. The van der Waals surface area contributed by atoms with Crippen LogP contribution in [0.5, 0.6) is 0 Å². The molecule has 0 unspecified atom stereocenters. The number of nitro groups is 1. The lowest BCUT2D eigenvalue weighted by Gasteiger charge is -2.11. The molecule has 0 amide bonds. The summed E-state index contributed by atoms with van der Waals surface area (Å²) in [5, 5.41) is 10.9. The molecule has 8 heteroatoms. The van der Waals surface area contributed by atoms with Crippen LogP contribution in [0.15, 0.2) is 36.4 Å². The lowest BCUT2D eigenvalue weighted by Crippen LogP contribution is -2.09. The van der Waals surface area contributed by atoms with Gasteiger partial charge in [0.25, 0.3) is 5.69 Å². The van der Waals surface area contributed by atoms with Gasteiger partial charge in [-0.3, -0.25) is 10.1 Å². The standard InChI is InChI=1S/C13H10F3N3O2/c14-13(15,16)10-3-1-7(5-12(10)19(20)21)9-6-8(17)2-4-11(9)18/h1-6H,17-18H2. The van der Waals surface area contributed by atoms with Crippen LogP contribution in [0.2, 0.25) is 0 Å². The van der Waals surface area contributed by atoms with Crippen molar-refractivity contribution in [2.24, 2.45) is 0 Å². The maximum absolute atomic E-state index is 12.7. The van der Waals surface area contributed by atoms with Crippen molar-refractivity contribution < 1.29 is 18.1 Å². The highest BCUT2D eigenvalue weighted by atomic mass is 19.4. The SMILES string of the molecule is Nc1ccc(N)c(-c2ccc(C(F)(F)F)c([N+](=O)[O-])c2)c1. The summed E-state index contributed by atoms with van der Waals surface area (Å²) in [5.74, 6) is 0. The van der Waals surface area contributed by atoms with Gasteiger partial charge in [-0.1, -0.05) is 6.07 Å². The predicted octanol–water partition coefficient (Wildman–Crippen LogP) is 3.45. The number of nitrogen functional groups attached to an aromatic ring is 2. The second kappa shape index (κ2) is 4.97. The molecule has 0 aliphatic carbocycles. The Hall–Kier alpha value is -2.77. The number of halogens is 3. The fourth-order valence-corrected chi connectivity index (χ4v) is 1.91. The summed E-state index contributed by atoms with van der Waals surface area (Å²) < 4.78 is 38.2. The minimum atomic E-state index is -4.80. The summed E-state index contributed by atoms with van der Waals surface area (Å²) in [7, 11) is 0. The van der Waals surface area contributed by atoms with Gasteiger partial charge in [-0.2, -0.15) is 13.2 Å². The maximum atomic E-state index is 12.7. The average Bonchev–Trinajstić information content (AvgIpc) is 2.39. The molecule has 0 aliphatic heterocycles. The monoisotopic (exact) mass is 297 g/mol. The normalized spacial score (nSPS) is 11.4. The van der Waals surface area contributed by atoms with Crippen LogP contribution in [-0.4, -0.2) is 4.92 Å². The molecule has 0 aliphatic rings. The molecule has 2 aromatic carbocycles. The summed E-state index contributed by atoms with van der Waals surface area (Å²) in [6, 6.07) is 7.08. The van der Waals surface area contributed by atoms with Gasteiger partial charge in [0.15, 0.2) is 0 Å². The molecule has 0 atom stereocenters. The van der Waals surface area contributed by atoms with Gasteiger partial charge >= 0.3 is 6.18 Å². The van der Waals surface area contributed by atoms with E-state index in [0.717, 1.165) is 12.1 Å². The topological polar surface area (TPSA) is 95.2 Å². The molecule has 0 heterocycles. The van der Waals surface area contributed by atoms with E-state index in [4.69, 9.17) is 11.5 Å². The third kappa shape index (κ3) is 2.88. The van der Waals surface area contributed by atoms with Gasteiger partial charge in [0.2, 0.25) is 0 Å². The highest BCUT2D eigenvalue weighted by Crippen LogP contribution is 2.39. The Balaban J connectivity index is 2.65. The van der Waals surface area contributed by atoms with Gasteiger partial charge in [-0.25, -0.2) is 0 Å². The summed E-state index contributed by atoms with van der Waals surface area (Å²) in [6.07, 6.45) is -4.80. The van der Waals surface area contributed by atoms with Gasteiger partial charge in [-0.05, 0) is 29.8 Å². The fourth-order valence-electron chi connectivity index (χ4n) is 1.91. The van der Waals surface area contributed by atoms with E-state index in [-0.39, 0.29) is 11.3 Å². The number of hydrogen-bond acceptors (Lipinski definition) is 4. The first-order valence-corrected chi connectivity index (χ1v) is 5.71. The summed E-state index contributed by atoms with van der Waals surface area (Å²) in [4.78, 5) is 9.78. The van der Waals surface area contributed by atoms with E-state index in [0.29, 0.717) is 17.3 Å². The molecule has 0 fully saturated rings. The second-order valence-corrected chi connectivity index (χ2v) is 4.33. The van der Waals surface area contributed by atoms with Crippen LogP contribution < -0.4 is 11.5 Å². The van der Waals surface area contributed by atoms with E-state index in [9.17, 15) is 23.3 Å². The molecule has 21 heavy (non-hydrogen) atoms. The van der Waals surface area contributed by atoms with Crippen LogP contribution in [-0.2, 0) is 6.18 Å². The highest BCUT2D eigenvalue weighted by Gasteiger charge is 2.38. The number of hydrogen-bond donors (Lipinski definition) is 2. The van der Waals surface area contributed by atoms with Gasteiger partial charge in [0.1, 0.15) is 5.56 Å². The first kappa shape index (κ1) is 14.6. The number of nitro benzene ring substituents is 1. The van der Waals surface area contributed by atoms with Crippen LogP contribution in [0.3, 0.4) is 0 Å². The Labute approximate surface area is 117 Å². The van der Waals surface area contributed by atoms with E-state index in [1.165, 1.54) is 18.2 Å². The van der Waals surface area contributed by atoms with Gasteiger partial charge in [0.05, 0.1) is 4.92 Å². The van der Waals surface area contributed by atoms with Crippen LogP contribution in [0.25, 0.3) is 11.1 Å². The number of rotatable bonds is 2. The number of alkyl halides is 3. The third-order valence-corrected chi connectivity index (χ3v) is 2.89. The summed E-state index contributed by atoms with van der Waals surface area (Å²) in [6.45, 7) is 0. The van der Waals surface area contributed by atoms with Crippen molar-refractivity contribution in [3.05, 3.63) is 52.1 Å². The molecule has 5 nitrogen and oxygen atoms in total. The van der Waals surface area contributed by atoms with E-state index < -0.39 is 22.4 Å². The van der Waals surface area contributed by atoms with Crippen LogP contribution >= 0.6 is 0 Å². The van der Waals surface area contributed by atoms with Crippen molar-refractivity contribution in [3.8, 4) is 11.1 Å². The van der Waals surface area contributed by atoms with E-state index in [1.54, 1.807) is 0 Å².